The fourth-order valence-electron chi connectivity index (χ4n) is 19.4. The zero-order valence-corrected chi connectivity index (χ0v) is 82.7. The van der Waals surface area contributed by atoms with E-state index in [2.05, 4.69) is 232 Å². The number of anilines is 2. The first-order chi connectivity index (χ1) is 53.6. The number of likely N-dealkylation sites (N-methyl/N-ethyl adjacent to an activating group) is 2. The molecule has 4 aromatic carbocycles. The third kappa shape index (κ3) is 20.6. The number of nitrogens with zero attached hydrogens (tertiary/aromatic N) is 10. The summed E-state index contributed by atoms with van der Waals surface area (Å²) in [5.74, 6) is 4.40. The van der Waals surface area contributed by atoms with Crippen molar-refractivity contribution in [2.75, 3.05) is 77.6 Å². The average Bonchev–Trinajstić information content (AvgIpc) is 1.62. The summed E-state index contributed by atoms with van der Waals surface area (Å²) in [6.45, 7) is 15.8. The Kier molecular flexibility index (Phi) is 32.5. The molecule has 6 saturated heterocycles. The summed E-state index contributed by atoms with van der Waals surface area (Å²) in [6, 6.07) is 31.8. The number of aryl methyl sites for hydroxylation is 2. The normalized spacial score (nSPS) is 25.8. The number of aromatic nitrogens is 4. The number of carbonyl (C=O) groups is 4. The number of hydrogen-bond donors (Lipinski definition) is 2. The fraction of sp³-hybridized carbons (Fsp3) is 0.586. The van der Waals surface area contributed by atoms with Gasteiger partial charge in [-0.2, -0.15) is 4.98 Å². The van der Waals surface area contributed by atoms with Gasteiger partial charge in [-0.3, -0.25) is 19.8 Å². The number of carbonyl (C=O) groups excluding carboxylic acids is 4. The van der Waals surface area contributed by atoms with Crippen LogP contribution in [0.4, 0.5) is 11.4 Å². The second-order valence-corrected chi connectivity index (χ2v) is 63.5. The Morgan fingerprint density at radius 3 is 1.42 bits per heavy atom. The van der Waals surface area contributed by atoms with Gasteiger partial charge in [0.15, 0.2) is 5.82 Å². The van der Waals surface area contributed by atoms with E-state index in [0.29, 0.717) is 74.1 Å². The van der Waals surface area contributed by atoms with Gasteiger partial charge in [0.1, 0.15) is 0 Å². The Morgan fingerprint density at radius 1 is 0.575 bits per heavy atom. The summed E-state index contributed by atoms with van der Waals surface area (Å²) in [5.41, 5.74) is 8.84. The van der Waals surface area contributed by atoms with E-state index in [0.717, 1.165) is 102 Å². The van der Waals surface area contributed by atoms with Crippen LogP contribution in [0.25, 0.3) is 0 Å². The zero-order valence-electron chi connectivity index (χ0n) is 68.4. The number of methoxy groups -OCH3 is 2. The van der Waals surface area contributed by atoms with E-state index in [9.17, 15) is 19.2 Å². The van der Waals surface area contributed by atoms with Crippen LogP contribution in [0.15, 0.2) is 114 Å². The van der Waals surface area contributed by atoms with Gasteiger partial charge in [0, 0.05) is 47.6 Å². The van der Waals surface area contributed by atoms with Crippen LogP contribution < -0.4 is 72.0 Å². The topological polar surface area (TPSA) is 208 Å². The minimum Gasteiger partial charge on any atom is -1.00 e. The first kappa shape index (κ1) is 90.2. The van der Waals surface area contributed by atoms with E-state index < -0.39 is 36.8 Å². The van der Waals surface area contributed by atoms with Crippen molar-refractivity contribution in [3.8, 4) is 0 Å². The number of amides is 2. The molecule has 6 aromatic rings. The largest absolute Gasteiger partial charge is 1.00 e. The molecule has 16 rings (SSSR count). The Balaban J connectivity index is 0.000000149. The molecule has 2 saturated carbocycles. The number of halogens is 4. The SMILES string of the molecule is CCC[CH2][Sn](/[CH]=C/CN1C2CCC1C(C(=O)OC)C(c1ccc(C)cc1)C2)([CH2]CCC)[CH2]CCC.CN1CC2C(c3noc(C4CC4)n3)NCN2c2ccc[c]([Sn]([CH3])([CH3])[CH3])c2C1=O.CN1CC2C(c3noc(C4CC4)n3)NCN2c2cccc([123I])c2C1=O.COC(=O)C1C(c2ccc(C)cc2)CC2CCC1N2C/C=C/[123I].[123I-].[123I-]. The smallest absolute Gasteiger partial charge is 0.310 e. The molecular weight excluding hydrogens is 2070 g/mol. The molecule has 4 bridgehead atoms. The molecular formula is C87H120I4N12O8Sn2-2. The van der Waals surface area contributed by atoms with Gasteiger partial charge in [-0.05, 0) is 83.4 Å². The first-order valence-corrected chi connectivity index (χ1v) is 61.5. The van der Waals surface area contributed by atoms with E-state index in [4.69, 9.17) is 18.5 Å². The number of ether oxygens (including phenoxy) is 2. The Morgan fingerprint density at radius 2 is 1.00 bits per heavy atom. The van der Waals surface area contributed by atoms with E-state index in [1.165, 1.54) is 97.6 Å². The predicted molar refractivity (Wildman–Crippen MR) is 461 cm³/mol. The Hall–Kier alpha value is -3.52. The van der Waals surface area contributed by atoms with Crippen LogP contribution in [-0.4, -0.2) is 204 Å². The molecule has 12 atom stereocenters. The minimum absolute atomic E-state index is 0. The summed E-state index contributed by atoms with van der Waals surface area (Å²) in [6.07, 6.45) is 24.2. The quantitative estimate of drug-likeness (QED) is 0.0347. The number of nitrogens with one attached hydrogen (secondary N) is 2. The van der Waals surface area contributed by atoms with Crippen molar-refractivity contribution in [2.24, 2.45) is 11.8 Å². The van der Waals surface area contributed by atoms with Gasteiger partial charge in [-0.1, -0.05) is 69.7 Å². The van der Waals surface area contributed by atoms with Crippen LogP contribution in [0, 0.1) is 29.3 Å². The van der Waals surface area contributed by atoms with Gasteiger partial charge in [-0.15, -0.1) is 0 Å². The van der Waals surface area contributed by atoms with Gasteiger partial charge in [-0.25, -0.2) is 0 Å². The number of benzene rings is 4. The number of hydrogen-bond acceptors (Lipinski definition) is 18. The maximum absolute atomic E-state index is 13.3. The molecule has 0 spiro atoms. The molecule has 614 valence electrons. The predicted octanol–water partition coefficient (Wildman–Crippen LogP) is 10.3. The molecule has 26 heteroatoms. The van der Waals surface area contributed by atoms with Crippen molar-refractivity contribution >= 4 is 121 Å². The summed E-state index contributed by atoms with van der Waals surface area (Å²) >= 11 is -0.234. The number of rotatable bonds is 23. The maximum atomic E-state index is 13.3. The van der Waals surface area contributed by atoms with E-state index in [-0.39, 0.29) is 120 Å². The monoisotopic (exact) mass is 2190 g/mol. The first-order valence-electron chi connectivity index (χ1n) is 41.4. The maximum Gasteiger partial charge on any atom is 0.310 e. The van der Waals surface area contributed by atoms with Crippen LogP contribution in [0.3, 0.4) is 0 Å². The molecule has 2 N–H and O–H groups in total. The van der Waals surface area contributed by atoms with Gasteiger partial charge >= 0.3 is 396 Å². The summed E-state index contributed by atoms with van der Waals surface area (Å²) in [5, 5.41) is 15.6. The standard InChI is InChI=1S/C19H24INO2.C19H24NO2.C17H18IN5O2.C17H18N5O2.3C4H9.3CH3.2HI.2Sn/c1-13-4-6-14(7-5-13)16-12-15-8-9-17(18(16)19(22)23-2)21(15)11-3-10-20;1-4-11-20-15-9-10-17(20)18(19(21)22-3)16(12-15)14-7-5-13(2)6-8-14;1-22-7-12-14(15-20-16(25-21-15)9-5-6-9)19-8-23(12)11-4-2-3-10(18)13(11)17(22)24;1-21-8-13-14(15-19-16(24-20-15)10-6-7-10)18-9-22(13)12-5-3-2-4-11(12)17(21)23;3*1-3-4-2;;;;;;;/h3-7,10,15-18H,8-9,11-12H2,1-2H3;1,4-8,15-18H,9-12H2,2-3H3;2-4,9,12,14,19H,5-8H2,1H3;2-3,5,10,13-14,18H,6-9H2,1H3;3*1,3-4H2,2H3;3*1H3;2*1H;;/p-2/b10-3+;;;;;;;;;;;;;/i20-4;;18-4;;;;;;;;2*1-4;;. The van der Waals surface area contributed by atoms with Crippen LogP contribution in [-0.2, 0) is 19.1 Å². The molecule has 10 heterocycles. The molecule has 8 fully saturated rings. The van der Waals surface area contributed by atoms with Gasteiger partial charge in [0.2, 0.25) is 5.89 Å². The molecule has 2 amide bonds. The fourth-order valence-corrected chi connectivity index (χ4v) is 39.2. The molecule has 0 radical (unpaired) electrons. The van der Waals surface area contributed by atoms with E-state index in [1.54, 1.807) is 12.0 Å². The van der Waals surface area contributed by atoms with Gasteiger partial charge < -0.3 is 67.0 Å². The Bertz CT molecular complexity index is 4230. The second kappa shape index (κ2) is 40.7. The van der Waals surface area contributed by atoms with E-state index >= 15 is 0 Å². The van der Waals surface area contributed by atoms with Crippen molar-refractivity contribution in [3.63, 3.8) is 0 Å². The van der Waals surface area contributed by atoms with Crippen LogP contribution in [0.2, 0.25) is 28.1 Å². The number of piperidine rings is 2. The molecule has 113 heavy (non-hydrogen) atoms. The van der Waals surface area contributed by atoms with Crippen molar-refractivity contribution in [1.29, 1.82) is 0 Å². The summed E-state index contributed by atoms with van der Waals surface area (Å²) < 4.78 is 33.2. The second-order valence-electron chi connectivity index (χ2n) is 34.3. The third-order valence-electron chi connectivity index (χ3n) is 25.7. The summed E-state index contributed by atoms with van der Waals surface area (Å²) in [7, 11) is 6.86. The van der Waals surface area contributed by atoms with Gasteiger partial charge in [0.25, 0.3) is 5.91 Å². The Labute approximate surface area is 741 Å². The molecule has 20 nitrogen and oxygen atoms in total. The van der Waals surface area contributed by atoms with Crippen LogP contribution >= 0.6 is 45.2 Å². The average molecular weight is 2190 g/mol. The number of esters is 2. The van der Waals surface area contributed by atoms with Crippen molar-refractivity contribution in [1.82, 2.24) is 50.5 Å². The van der Waals surface area contributed by atoms with Crippen molar-refractivity contribution in [2.45, 2.75) is 237 Å². The number of unbranched alkanes of at least 4 members (excludes halogenated alkanes) is 3. The van der Waals surface area contributed by atoms with Gasteiger partial charge in [0.05, 0.1) is 43.0 Å². The number of fused-ring (bicyclic) bond motifs is 10. The van der Waals surface area contributed by atoms with Crippen molar-refractivity contribution in [3.05, 3.63) is 166 Å². The molecule has 2 aliphatic carbocycles. The molecule has 12 unspecified atom stereocenters. The minimum atomic E-state index is -2.47. The molecule has 10 aliphatic rings. The van der Waals surface area contributed by atoms with E-state index in [1.807, 2.05) is 37.2 Å². The zero-order chi connectivity index (χ0) is 78.4. The van der Waals surface area contributed by atoms with Crippen LogP contribution in [0.5, 0.6) is 0 Å². The summed E-state index contributed by atoms with van der Waals surface area (Å²) in [4.78, 5) is 81.7. The molecule has 8 aliphatic heterocycles. The van der Waals surface area contributed by atoms with Crippen LogP contribution in [0.1, 0.15) is 226 Å². The third-order valence-corrected chi connectivity index (χ3v) is 47.2. The van der Waals surface area contributed by atoms with Crippen molar-refractivity contribution < 1.29 is 85.7 Å². The molecule has 2 aromatic heterocycles.